The summed E-state index contributed by atoms with van der Waals surface area (Å²) >= 11 is 1.13. The highest BCUT2D eigenvalue weighted by atomic mass is 32.1. The van der Waals surface area contributed by atoms with Crippen LogP contribution in [0.25, 0.3) is 10.1 Å². The Hall–Kier alpha value is -1.99. The van der Waals surface area contributed by atoms with Crippen LogP contribution >= 0.6 is 11.3 Å². The third kappa shape index (κ3) is 3.80. The Balaban J connectivity index is 2.01. The minimum Gasteiger partial charge on any atom is -0.448 e. The minimum atomic E-state index is -0.931. The van der Waals surface area contributed by atoms with Crippen molar-refractivity contribution >= 4 is 33.3 Å². The van der Waals surface area contributed by atoms with Crippen molar-refractivity contribution in [2.45, 2.75) is 13.0 Å². The Bertz CT molecular complexity index is 685. The van der Waals surface area contributed by atoms with E-state index in [9.17, 15) is 14.0 Å². The van der Waals surface area contributed by atoms with Gasteiger partial charge in [-0.05, 0) is 25.1 Å². The van der Waals surface area contributed by atoms with Crippen LogP contribution in [0.15, 0.2) is 24.3 Å². The van der Waals surface area contributed by atoms with Crippen molar-refractivity contribution < 1.29 is 23.5 Å². The van der Waals surface area contributed by atoms with Gasteiger partial charge < -0.3 is 14.8 Å². The Morgan fingerprint density at radius 1 is 1.41 bits per heavy atom. The second-order valence-electron chi connectivity index (χ2n) is 4.59. The zero-order chi connectivity index (χ0) is 16.1. The maximum absolute atomic E-state index is 13.6. The minimum absolute atomic E-state index is 0.261. The fourth-order valence-electron chi connectivity index (χ4n) is 1.82. The molecule has 118 valence electrons. The number of carbonyl (C=O) groups is 2. The van der Waals surface area contributed by atoms with Gasteiger partial charge in [0.2, 0.25) is 0 Å². The summed E-state index contributed by atoms with van der Waals surface area (Å²) in [5.41, 5.74) is 0. The molecule has 7 heteroatoms. The van der Waals surface area contributed by atoms with Crippen LogP contribution in [0.2, 0.25) is 0 Å². The molecule has 0 spiro atoms. The Kier molecular flexibility index (Phi) is 5.46. The van der Waals surface area contributed by atoms with Gasteiger partial charge in [-0.3, -0.25) is 4.79 Å². The van der Waals surface area contributed by atoms with Crippen LogP contribution in [0, 0.1) is 5.82 Å². The number of rotatable bonds is 6. The lowest BCUT2D eigenvalue weighted by atomic mass is 10.2. The lowest BCUT2D eigenvalue weighted by molar-refractivity contribution is -0.129. The molecule has 0 unspecified atom stereocenters. The molecule has 0 aliphatic carbocycles. The van der Waals surface area contributed by atoms with E-state index >= 15 is 0 Å². The number of hydrogen-bond acceptors (Lipinski definition) is 5. The fraction of sp³-hybridized carbons (Fsp3) is 0.333. The smallest absolute Gasteiger partial charge is 0.349 e. The zero-order valence-electron chi connectivity index (χ0n) is 12.2. The molecule has 0 aliphatic heterocycles. The summed E-state index contributed by atoms with van der Waals surface area (Å²) in [6, 6.07) is 6.07. The van der Waals surface area contributed by atoms with Gasteiger partial charge in [0, 0.05) is 23.7 Å². The molecule has 22 heavy (non-hydrogen) atoms. The first kappa shape index (κ1) is 16.4. The molecule has 0 bridgehead atoms. The molecule has 1 aromatic carbocycles. The third-order valence-corrected chi connectivity index (χ3v) is 4.05. The maximum Gasteiger partial charge on any atom is 0.349 e. The van der Waals surface area contributed by atoms with Gasteiger partial charge in [-0.1, -0.05) is 6.07 Å². The number of amides is 1. The molecule has 5 nitrogen and oxygen atoms in total. The molecule has 0 saturated carbocycles. The molecule has 1 atom stereocenters. The standard InChI is InChI=1S/C15H16FNO4S/c1-9(14(18)17-6-7-20-2)21-15(19)13-8-10-11(16)4-3-5-12(10)22-13/h3-5,8-9H,6-7H2,1-2H3,(H,17,18)/t9-/m0/s1. The molecule has 1 amide bonds. The SMILES string of the molecule is COCCNC(=O)[C@H](C)OC(=O)c1cc2c(F)cccc2s1. The molecular weight excluding hydrogens is 309 g/mol. The average molecular weight is 325 g/mol. The summed E-state index contributed by atoms with van der Waals surface area (Å²) in [6.45, 7) is 2.20. The number of hydrogen-bond donors (Lipinski definition) is 1. The predicted molar refractivity (Wildman–Crippen MR) is 81.5 cm³/mol. The summed E-state index contributed by atoms with van der Waals surface area (Å²) in [7, 11) is 1.52. The van der Waals surface area contributed by atoms with Gasteiger partial charge in [-0.15, -0.1) is 11.3 Å². The molecule has 0 saturated heterocycles. The number of fused-ring (bicyclic) bond motifs is 1. The van der Waals surface area contributed by atoms with E-state index < -0.39 is 23.8 Å². The molecule has 0 aliphatic rings. The molecule has 1 aromatic heterocycles. The molecule has 0 fully saturated rings. The molecule has 2 aromatic rings. The van der Waals surface area contributed by atoms with Gasteiger partial charge in [-0.2, -0.15) is 0 Å². The molecular formula is C15H16FNO4S. The molecule has 2 rings (SSSR count). The number of methoxy groups -OCH3 is 1. The second kappa shape index (κ2) is 7.33. The van der Waals surface area contributed by atoms with E-state index in [0.717, 1.165) is 11.3 Å². The fourth-order valence-corrected chi connectivity index (χ4v) is 2.78. The van der Waals surface area contributed by atoms with E-state index in [-0.39, 0.29) is 4.88 Å². The number of carbonyl (C=O) groups excluding carboxylic acids is 2. The number of halogens is 1. The average Bonchev–Trinajstić information content (AvgIpc) is 2.93. The first-order valence-corrected chi connectivity index (χ1v) is 7.50. The van der Waals surface area contributed by atoms with E-state index in [2.05, 4.69) is 5.32 Å². The van der Waals surface area contributed by atoms with Crippen molar-refractivity contribution in [1.82, 2.24) is 5.32 Å². The van der Waals surface area contributed by atoms with Crippen molar-refractivity contribution in [3.8, 4) is 0 Å². The van der Waals surface area contributed by atoms with Crippen molar-refractivity contribution in [3.05, 3.63) is 35.0 Å². The van der Waals surface area contributed by atoms with E-state index in [0.29, 0.717) is 23.2 Å². The van der Waals surface area contributed by atoms with Gasteiger partial charge in [0.15, 0.2) is 6.10 Å². The monoisotopic (exact) mass is 325 g/mol. The van der Waals surface area contributed by atoms with Gasteiger partial charge in [-0.25, -0.2) is 9.18 Å². The van der Waals surface area contributed by atoms with E-state index in [1.807, 2.05) is 0 Å². The van der Waals surface area contributed by atoms with Gasteiger partial charge >= 0.3 is 5.97 Å². The summed E-state index contributed by atoms with van der Waals surface area (Å²) in [5, 5.41) is 2.95. The maximum atomic E-state index is 13.6. The molecule has 0 radical (unpaired) electrons. The van der Waals surface area contributed by atoms with Crippen molar-refractivity contribution in [2.75, 3.05) is 20.3 Å². The lowest BCUT2D eigenvalue weighted by Crippen LogP contribution is -2.37. The van der Waals surface area contributed by atoms with Crippen LogP contribution in [-0.2, 0) is 14.3 Å². The van der Waals surface area contributed by atoms with E-state index in [4.69, 9.17) is 9.47 Å². The Labute approximate surface area is 131 Å². The van der Waals surface area contributed by atoms with Crippen LogP contribution in [0.1, 0.15) is 16.6 Å². The largest absolute Gasteiger partial charge is 0.448 e. The number of benzene rings is 1. The van der Waals surface area contributed by atoms with Crippen molar-refractivity contribution in [3.63, 3.8) is 0 Å². The number of thiophene rings is 1. The third-order valence-electron chi connectivity index (χ3n) is 2.97. The summed E-state index contributed by atoms with van der Waals surface area (Å²) < 4.78 is 24.2. The topological polar surface area (TPSA) is 64.6 Å². The van der Waals surface area contributed by atoms with Gasteiger partial charge in [0.05, 0.1) is 6.61 Å². The van der Waals surface area contributed by atoms with Crippen LogP contribution in [0.5, 0.6) is 0 Å². The second-order valence-corrected chi connectivity index (χ2v) is 5.68. The van der Waals surface area contributed by atoms with Crippen LogP contribution in [0.3, 0.4) is 0 Å². The predicted octanol–water partition coefficient (Wildman–Crippen LogP) is 2.35. The quantitative estimate of drug-likeness (QED) is 0.654. The van der Waals surface area contributed by atoms with Crippen molar-refractivity contribution in [2.24, 2.45) is 0 Å². The molecule has 1 N–H and O–H groups in total. The lowest BCUT2D eigenvalue weighted by Gasteiger charge is -2.12. The molecule has 1 heterocycles. The zero-order valence-corrected chi connectivity index (χ0v) is 13.0. The Morgan fingerprint density at radius 2 is 2.18 bits per heavy atom. The van der Waals surface area contributed by atoms with Gasteiger partial charge in [0.25, 0.3) is 5.91 Å². The van der Waals surface area contributed by atoms with Crippen LogP contribution in [0.4, 0.5) is 4.39 Å². The number of nitrogens with one attached hydrogen (secondary N) is 1. The number of esters is 1. The van der Waals surface area contributed by atoms with Crippen molar-refractivity contribution in [1.29, 1.82) is 0 Å². The van der Waals surface area contributed by atoms with E-state index in [1.54, 1.807) is 12.1 Å². The highest BCUT2D eigenvalue weighted by molar-refractivity contribution is 7.20. The normalized spacial score (nSPS) is 12.1. The summed E-state index contributed by atoms with van der Waals surface area (Å²) in [4.78, 5) is 24.0. The first-order valence-electron chi connectivity index (χ1n) is 6.68. The summed E-state index contributed by atoms with van der Waals surface area (Å²) in [6.07, 6.45) is -0.931. The van der Waals surface area contributed by atoms with E-state index in [1.165, 1.54) is 26.2 Å². The Morgan fingerprint density at radius 3 is 2.86 bits per heavy atom. The van der Waals surface area contributed by atoms with Gasteiger partial charge in [0.1, 0.15) is 10.7 Å². The first-order chi connectivity index (χ1) is 10.5. The summed E-state index contributed by atoms with van der Waals surface area (Å²) in [5.74, 6) is -1.44. The van der Waals surface area contributed by atoms with Crippen LogP contribution < -0.4 is 5.32 Å². The highest BCUT2D eigenvalue weighted by Gasteiger charge is 2.20. The van der Waals surface area contributed by atoms with Crippen LogP contribution in [-0.4, -0.2) is 38.2 Å². The number of ether oxygens (including phenoxy) is 2. The highest BCUT2D eigenvalue weighted by Crippen LogP contribution is 2.28.